The van der Waals surface area contributed by atoms with Crippen LogP contribution in [0.2, 0.25) is 0 Å². The van der Waals surface area contributed by atoms with Gasteiger partial charge in [0.25, 0.3) is 0 Å². The van der Waals surface area contributed by atoms with Crippen molar-refractivity contribution in [3.05, 3.63) is 12.2 Å². The first-order valence-electron chi connectivity index (χ1n) is 4.46. The summed E-state index contributed by atoms with van der Waals surface area (Å²) in [6.07, 6.45) is 1.60. The zero-order valence-electron chi connectivity index (χ0n) is 8.10. The number of hydrogen-bond acceptors (Lipinski definition) is 4. The van der Waals surface area contributed by atoms with E-state index in [1.165, 1.54) is 0 Å². The van der Waals surface area contributed by atoms with Crippen LogP contribution in [0, 0.1) is 0 Å². The van der Waals surface area contributed by atoms with Gasteiger partial charge in [0.15, 0.2) is 0 Å². The van der Waals surface area contributed by atoms with Gasteiger partial charge in [-0.25, -0.2) is 9.67 Å². The van der Waals surface area contributed by atoms with Crippen LogP contribution in [-0.4, -0.2) is 26.6 Å². The first kappa shape index (κ1) is 10.5. The maximum absolute atomic E-state index is 5.52. The first-order valence-corrected chi connectivity index (χ1v) is 5.51. The molecule has 1 aromatic rings. The molecule has 0 saturated carbocycles. The molecular weight excluding hydrogens is 184 g/mol. The molecule has 0 saturated heterocycles. The Bertz CT molecular complexity index is 248. The standard InChI is InChI=1S/C8H16N4S/c1-3-12-8(10-6-11-12)5-13-7(2)4-9/h6-7H,3-5,9H2,1-2H3. The highest BCUT2D eigenvalue weighted by Gasteiger charge is 2.05. The van der Waals surface area contributed by atoms with Crippen LogP contribution in [0.4, 0.5) is 0 Å². The number of aryl methyl sites for hydroxylation is 1. The van der Waals surface area contributed by atoms with Gasteiger partial charge in [0.1, 0.15) is 12.2 Å². The van der Waals surface area contributed by atoms with Gasteiger partial charge >= 0.3 is 0 Å². The number of hydrogen-bond donors (Lipinski definition) is 1. The van der Waals surface area contributed by atoms with Crippen molar-refractivity contribution >= 4 is 11.8 Å². The summed E-state index contributed by atoms with van der Waals surface area (Å²) >= 11 is 1.82. The molecule has 74 valence electrons. The molecule has 0 bridgehead atoms. The van der Waals surface area contributed by atoms with Gasteiger partial charge in [-0.05, 0) is 6.92 Å². The van der Waals surface area contributed by atoms with Crippen LogP contribution in [0.25, 0.3) is 0 Å². The topological polar surface area (TPSA) is 56.7 Å². The summed E-state index contributed by atoms with van der Waals surface area (Å²) in [5, 5.41) is 4.59. The summed E-state index contributed by atoms with van der Waals surface area (Å²) in [7, 11) is 0. The molecule has 1 unspecified atom stereocenters. The molecule has 0 aliphatic carbocycles. The second-order valence-corrected chi connectivity index (χ2v) is 4.28. The van der Waals surface area contributed by atoms with E-state index in [4.69, 9.17) is 5.73 Å². The normalized spacial score (nSPS) is 13.2. The van der Waals surface area contributed by atoms with E-state index >= 15 is 0 Å². The van der Waals surface area contributed by atoms with Gasteiger partial charge in [0.05, 0.1) is 5.75 Å². The second kappa shape index (κ2) is 5.24. The van der Waals surface area contributed by atoms with Crippen molar-refractivity contribution in [1.82, 2.24) is 14.8 Å². The van der Waals surface area contributed by atoms with Gasteiger partial charge < -0.3 is 5.73 Å². The maximum atomic E-state index is 5.52. The molecule has 13 heavy (non-hydrogen) atoms. The quantitative estimate of drug-likeness (QED) is 0.766. The molecule has 5 heteroatoms. The van der Waals surface area contributed by atoms with Gasteiger partial charge in [-0.15, -0.1) is 11.8 Å². The van der Waals surface area contributed by atoms with Gasteiger partial charge in [-0.3, -0.25) is 0 Å². The summed E-state index contributed by atoms with van der Waals surface area (Å²) in [4.78, 5) is 4.18. The fourth-order valence-electron chi connectivity index (χ4n) is 0.949. The summed E-state index contributed by atoms with van der Waals surface area (Å²) < 4.78 is 1.91. The monoisotopic (exact) mass is 200 g/mol. The highest BCUT2D eigenvalue weighted by Crippen LogP contribution is 2.14. The first-order chi connectivity index (χ1) is 6.27. The van der Waals surface area contributed by atoms with E-state index in [-0.39, 0.29) is 0 Å². The maximum Gasteiger partial charge on any atom is 0.138 e. The Hall–Kier alpha value is -0.550. The largest absolute Gasteiger partial charge is 0.329 e. The summed E-state index contributed by atoms with van der Waals surface area (Å²) in [5.41, 5.74) is 5.52. The van der Waals surface area contributed by atoms with Crippen LogP contribution < -0.4 is 5.73 Å². The fourth-order valence-corrected chi connectivity index (χ4v) is 1.74. The van der Waals surface area contributed by atoms with Crippen molar-refractivity contribution in [2.45, 2.75) is 31.4 Å². The Balaban J connectivity index is 2.44. The van der Waals surface area contributed by atoms with Crippen molar-refractivity contribution in [2.24, 2.45) is 5.73 Å². The smallest absolute Gasteiger partial charge is 0.138 e. The van der Waals surface area contributed by atoms with E-state index in [1.807, 2.05) is 16.4 Å². The molecule has 0 aromatic carbocycles. The average Bonchev–Trinajstić information content (AvgIpc) is 2.61. The minimum atomic E-state index is 0.488. The van der Waals surface area contributed by atoms with Crippen molar-refractivity contribution < 1.29 is 0 Å². The Kier molecular flexibility index (Phi) is 4.24. The molecule has 0 radical (unpaired) electrons. The minimum Gasteiger partial charge on any atom is -0.329 e. The highest BCUT2D eigenvalue weighted by molar-refractivity contribution is 7.99. The van der Waals surface area contributed by atoms with Gasteiger partial charge in [0.2, 0.25) is 0 Å². The van der Waals surface area contributed by atoms with E-state index in [9.17, 15) is 0 Å². The minimum absolute atomic E-state index is 0.488. The summed E-state index contributed by atoms with van der Waals surface area (Å²) in [6.45, 7) is 5.78. The van der Waals surface area contributed by atoms with Gasteiger partial charge in [-0.2, -0.15) is 5.10 Å². The van der Waals surface area contributed by atoms with Crippen LogP contribution >= 0.6 is 11.8 Å². The molecule has 4 nitrogen and oxygen atoms in total. The van der Waals surface area contributed by atoms with E-state index < -0.39 is 0 Å². The number of rotatable bonds is 5. The van der Waals surface area contributed by atoms with Crippen molar-refractivity contribution in [3.8, 4) is 0 Å². The second-order valence-electron chi connectivity index (χ2n) is 2.85. The number of aromatic nitrogens is 3. The number of nitrogens with two attached hydrogens (primary N) is 1. The lowest BCUT2D eigenvalue weighted by molar-refractivity contribution is 0.632. The Labute approximate surface area is 82.9 Å². The van der Waals surface area contributed by atoms with Crippen molar-refractivity contribution in [2.75, 3.05) is 6.54 Å². The average molecular weight is 200 g/mol. The van der Waals surface area contributed by atoms with Crippen LogP contribution in [0.3, 0.4) is 0 Å². The summed E-state index contributed by atoms with van der Waals surface area (Å²) in [5.74, 6) is 1.93. The molecule has 1 rings (SSSR count). The van der Waals surface area contributed by atoms with Crippen LogP contribution in [0.15, 0.2) is 6.33 Å². The van der Waals surface area contributed by atoms with E-state index in [2.05, 4.69) is 23.9 Å². The summed E-state index contributed by atoms with van der Waals surface area (Å²) in [6, 6.07) is 0. The zero-order valence-corrected chi connectivity index (χ0v) is 8.92. The molecule has 0 spiro atoms. The lowest BCUT2D eigenvalue weighted by atomic mass is 10.5. The predicted molar refractivity (Wildman–Crippen MR) is 55.5 cm³/mol. The lowest BCUT2D eigenvalue weighted by Crippen LogP contribution is -2.13. The van der Waals surface area contributed by atoms with Gasteiger partial charge in [0, 0.05) is 18.3 Å². The molecule has 2 N–H and O–H groups in total. The molecule has 1 heterocycles. The molecule has 0 aliphatic heterocycles. The van der Waals surface area contributed by atoms with Crippen molar-refractivity contribution in [1.29, 1.82) is 0 Å². The molecule has 0 amide bonds. The third-order valence-electron chi connectivity index (χ3n) is 1.82. The fraction of sp³-hybridized carbons (Fsp3) is 0.750. The predicted octanol–water partition coefficient (Wildman–Crippen LogP) is 0.878. The highest BCUT2D eigenvalue weighted by atomic mass is 32.2. The molecule has 0 fully saturated rings. The van der Waals surface area contributed by atoms with Crippen LogP contribution in [0.1, 0.15) is 19.7 Å². The van der Waals surface area contributed by atoms with Crippen molar-refractivity contribution in [3.63, 3.8) is 0 Å². The Morgan fingerprint density at radius 1 is 1.69 bits per heavy atom. The molecule has 1 aromatic heterocycles. The van der Waals surface area contributed by atoms with E-state index in [0.29, 0.717) is 11.8 Å². The molecular formula is C8H16N4S. The third kappa shape index (κ3) is 3.00. The van der Waals surface area contributed by atoms with E-state index in [0.717, 1.165) is 18.1 Å². The van der Waals surface area contributed by atoms with Gasteiger partial charge in [-0.1, -0.05) is 6.92 Å². The third-order valence-corrected chi connectivity index (χ3v) is 3.01. The SMILES string of the molecule is CCn1ncnc1CSC(C)CN. The Morgan fingerprint density at radius 2 is 2.46 bits per heavy atom. The molecule has 0 aliphatic rings. The molecule has 1 atom stereocenters. The number of thioether (sulfide) groups is 1. The van der Waals surface area contributed by atoms with Crippen LogP contribution in [0.5, 0.6) is 0 Å². The zero-order chi connectivity index (χ0) is 9.68. The van der Waals surface area contributed by atoms with Crippen LogP contribution in [-0.2, 0) is 12.3 Å². The lowest BCUT2D eigenvalue weighted by Gasteiger charge is -2.07. The number of nitrogens with zero attached hydrogens (tertiary/aromatic N) is 3. The van der Waals surface area contributed by atoms with E-state index in [1.54, 1.807) is 6.33 Å². The Morgan fingerprint density at radius 3 is 3.08 bits per heavy atom.